The van der Waals surface area contributed by atoms with Gasteiger partial charge in [0.05, 0.1) is 4.92 Å². The van der Waals surface area contributed by atoms with E-state index >= 15 is 0 Å². The van der Waals surface area contributed by atoms with Gasteiger partial charge in [0.2, 0.25) is 0 Å². The second kappa shape index (κ2) is 7.66. The third-order valence-electron chi connectivity index (χ3n) is 1.62. The fourth-order valence-electron chi connectivity index (χ4n) is 0.925. The molecule has 0 unspecified atom stereocenters. The lowest BCUT2D eigenvalue weighted by molar-refractivity contribution is -0.384. The molecule has 0 bridgehead atoms. The maximum absolute atomic E-state index is 10.2. The van der Waals surface area contributed by atoms with Crippen LogP contribution in [0, 0.1) is 10.1 Å². The van der Waals surface area contributed by atoms with Gasteiger partial charge < -0.3 is 5.11 Å². The Morgan fingerprint density at radius 1 is 1.44 bits per heavy atom. The normalized spacial score (nSPS) is 8.72. The van der Waals surface area contributed by atoms with Crippen molar-refractivity contribution in [2.45, 2.75) is 13.3 Å². The van der Waals surface area contributed by atoms with E-state index in [0.29, 0.717) is 11.8 Å². The highest BCUT2D eigenvalue weighted by Gasteiger charge is 2.03. The zero-order valence-corrected chi connectivity index (χ0v) is 9.53. The number of ketones is 1. The first kappa shape index (κ1) is 15.4. The number of hydrogen-bond donors (Lipinski definition) is 1. The summed E-state index contributed by atoms with van der Waals surface area (Å²) in [5, 5.41) is 18.0. The van der Waals surface area contributed by atoms with E-state index in [4.69, 9.17) is 5.11 Å². The zero-order chi connectivity index (χ0) is 14.1. The number of rotatable bonds is 4. The second-order valence-corrected chi connectivity index (χ2v) is 3.24. The Kier molecular flexibility index (Phi) is 6.57. The quantitative estimate of drug-likeness (QED) is 0.376. The maximum Gasteiger partial charge on any atom is 0.310 e. The van der Waals surface area contributed by atoms with Crippen LogP contribution >= 0.6 is 0 Å². The molecule has 1 N–H and O–H groups in total. The number of carboxylic acid groups (broad SMARTS) is 1. The van der Waals surface area contributed by atoms with Gasteiger partial charge in [0.25, 0.3) is 5.69 Å². The lowest BCUT2D eigenvalue weighted by Gasteiger charge is -1.90. The molecule has 0 amide bonds. The van der Waals surface area contributed by atoms with E-state index in [-0.39, 0.29) is 17.9 Å². The SMILES string of the molecule is CC(=O)CC(=O)O.O=Cc1cccc([N+](=O)[O-])c1. The molecule has 0 saturated heterocycles. The summed E-state index contributed by atoms with van der Waals surface area (Å²) < 4.78 is 0. The third-order valence-corrected chi connectivity index (χ3v) is 1.62. The molecule has 0 radical (unpaired) electrons. The molecule has 96 valence electrons. The van der Waals surface area contributed by atoms with Gasteiger partial charge in [-0.1, -0.05) is 12.1 Å². The molecule has 0 spiro atoms. The first-order chi connectivity index (χ1) is 8.36. The Labute approximate surface area is 102 Å². The zero-order valence-electron chi connectivity index (χ0n) is 9.53. The highest BCUT2D eigenvalue weighted by molar-refractivity contribution is 5.93. The number of Topliss-reactive ketones (excluding diaryl/α,β-unsaturated/α-hetero) is 1. The van der Waals surface area contributed by atoms with Gasteiger partial charge in [0.1, 0.15) is 18.5 Å². The number of aliphatic carboxylic acids is 1. The number of benzene rings is 1. The highest BCUT2D eigenvalue weighted by Crippen LogP contribution is 2.10. The molecule has 7 heteroatoms. The number of hydrogen-bond acceptors (Lipinski definition) is 5. The monoisotopic (exact) mass is 253 g/mol. The molecule has 7 nitrogen and oxygen atoms in total. The number of carbonyl (C=O) groups excluding carboxylic acids is 2. The molecule has 0 saturated carbocycles. The van der Waals surface area contributed by atoms with Crippen LogP contribution in [0.2, 0.25) is 0 Å². The van der Waals surface area contributed by atoms with Crippen molar-refractivity contribution < 1.29 is 24.4 Å². The van der Waals surface area contributed by atoms with Crippen molar-refractivity contribution in [2.24, 2.45) is 0 Å². The van der Waals surface area contributed by atoms with E-state index in [0.717, 1.165) is 0 Å². The summed E-state index contributed by atoms with van der Waals surface area (Å²) in [6.07, 6.45) is 0.215. The molecule has 0 heterocycles. The van der Waals surface area contributed by atoms with E-state index in [2.05, 4.69) is 0 Å². The Morgan fingerprint density at radius 3 is 2.39 bits per heavy atom. The summed E-state index contributed by atoms with van der Waals surface area (Å²) in [6.45, 7) is 1.24. The lowest BCUT2D eigenvalue weighted by atomic mass is 10.2. The van der Waals surface area contributed by atoms with Crippen LogP contribution in [0.3, 0.4) is 0 Å². The van der Waals surface area contributed by atoms with Gasteiger partial charge in [-0.25, -0.2) is 0 Å². The average Bonchev–Trinajstić information content (AvgIpc) is 2.28. The predicted octanol–water partition coefficient (Wildman–Crippen LogP) is 1.46. The van der Waals surface area contributed by atoms with Gasteiger partial charge in [-0.05, 0) is 6.92 Å². The summed E-state index contributed by atoms with van der Waals surface area (Å²) >= 11 is 0. The fraction of sp³-hybridized carbons (Fsp3) is 0.182. The van der Waals surface area contributed by atoms with Crippen molar-refractivity contribution in [3.8, 4) is 0 Å². The van der Waals surface area contributed by atoms with Gasteiger partial charge in [0, 0.05) is 17.7 Å². The van der Waals surface area contributed by atoms with E-state index in [1.165, 1.54) is 31.2 Å². The van der Waals surface area contributed by atoms with Crippen LogP contribution in [0.4, 0.5) is 5.69 Å². The van der Waals surface area contributed by atoms with Crippen LogP contribution in [0.5, 0.6) is 0 Å². The maximum atomic E-state index is 10.2. The number of nitro benzene ring substituents is 1. The van der Waals surface area contributed by atoms with Gasteiger partial charge in [-0.2, -0.15) is 0 Å². The predicted molar refractivity (Wildman–Crippen MR) is 61.4 cm³/mol. The molecule has 18 heavy (non-hydrogen) atoms. The van der Waals surface area contributed by atoms with Crippen molar-refractivity contribution in [3.05, 3.63) is 39.9 Å². The number of non-ortho nitro benzene ring substituents is 1. The fourth-order valence-corrected chi connectivity index (χ4v) is 0.925. The second-order valence-electron chi connectivity index (χ2n) is 3.24. The van der Waals surface area contributed by atoms with Crippen molar-refractivity contribution in [3.63, 3.8) is 0 Å². The van der Waals surface area contributed by atoms with Gasteiger partial charge in [0.15, 0.2) is 0 Å². The number of nitrogens with zero attached hydrogens (tertiary/aromatic N) is 1. The Bertz CT molecular complexity index is 456. The Hall–Kier alpha value is -2.57. The van der Waals surface area contributed by atoms with E-state index in [1.807, 2.05) is 0 Å². The highest BCUT2D eigenvalue weighted by atomic mass is 16.6. The van der Waals surface area contributed by atoms with Crippen molar-refractivity contribution in [1.29, 1.82) is 0 Å². The lowest BCUT2D eigenvalue weighted by Crippen LogP contribution is -2.00. The first-order valence-corrected chi connectivity index (χ1v) is 4.77. The molecule has 0 aromatic heterocycles. The number of carbonyl (C=O) groups is 3. The van der Waals surface area contributed by atoms with Crippen molar-refractivity contribution >= 4 is 23.7 Å². The van der Waals surface area contributed by atoms with Crippen molar-refractivity contribution in [1.82, 2.24) is 0 Å². The smallest absolute Gasteiger partial charge is 0.310 e. The van der Waals surface area contributed by atoms with Crippen LogP contribution in [0.1, 0.15) is 23.7 Å². The molecular formula is C11H11NO6. The molecule has 1 aromatic carbocycles. The molecule has 0 atom stereocenters. The summed E-state index contributed by atoms with van der Waals surface area (Å²) in [5.74, 6) is -1.37. The van der Waals surface area contributed by atoms with Gasteiger partial charge >= 0.3 is 5.97 Å². The van der Waals surface area contributed by atoms with Crippen LogP contribution in [-0.2, 0) is 9.59 Å². The Balaban J connectivity index is 0.000000360. The van der Waals surface area contributed by atoms with Crippen molar-refractivity contribution in [2.75, 3.05) is 0 Å². The Morgan fingerprint density at radius 2 is 2.06 bits per heavy atom. The van der Waals surface area contributed by atoms with Crippen LogP contribution in [-0.4, -0.2) is 28.1 Å². The van der Waals surface area contributed by atoms with Gasteiger partial charge in [-0.3, -0.25) is 24.5 Å². The van der Waals surface area contributed by atoms with Crippen LogP contribution in [0.15, 0.2) is 24.3 Å². The minimum absolute atomic E-state index is 0.0606. The summed E-state index contributed by atoms with van der Waals surface area (Å²) in [4.78, 5) is 39.2. The average molecular weight is 253 g/mol. The molecule has 1 rings (SSSR count). The number of aldehydes is 1. The molecule has 0 aliphatic carbocycles. The number of carboxylic acids is 1. The third kappa shape index (κ3) is 6.83. The largest absolute Gasteiger partial charge is 0.481 e. The number of nitro groups is 1. The minimum Gasteiger partial charge on any atom is -0.481 e. The molecule has 0 aliphatic rings. The molecule has 0 aliphatic heterocycles. The topological polar surface area (TPSA) is 115 Å². The minimum atomic E-state index is -1.06. The van der Waals surface area contributed by atoms with E-state index in [1.54, 1.807) is 0 Å². The van der Waals surface area contributed by atoms with Gasteiger partial charge in [-0.15, -0.1) is 0 Å². The standard InChI is InChI=1S/C7H5NO3.C4H6O3/c9-5-6-2-1-3-7(4-6)8(10)11;1-3(5)2-4(6)7/h1-5H;2H2,1H3,(H,6,7). The summed E-state index contributed by atoms with van der Waals surface area (Å²) in [7, 11) is 0. The molecule has 0 fully saturated rings. The van der Waals surface area contributed by atoms with Crippen LogP contribution < -0.4 is 0 Å². The van der Waals surface area contributed by atoms with Crippen LogP contribution in [0.25, 0.3) is 0 Å². The molecular weight excluding hydrogens is 242 g/mol. The summed E-state index contributed by atoms with van der Waals surface area (Å²) in [6, 6.07) is 5.56. The summed E-state index contributed by atoms with van der Waals surface area (Å²) in [5.41, 5.74) is 0.258. The molecule has 1 aromatic rings. The van der Waals surface area contributed by atoms with E-state index in [9.17, 15) is 24.5 Å². The van der Waals surface area contributed by atoms with E-state index < -0.39 is 10.9 Å². The first-order valence-electron chi connectivity index (χ1n) is 4.77.